The van der Waals surface area contributed by atoms with Crippen LogP contribution in [0.1, 0.15) is 41.8 Å². The second kappa shape index (κ2) is 10.2. The standard InChI is InChI=1S/C30H28F3IN6/c1-4-18-7-6-8-19(5-2)26(18)40-27(21-9-10-24(34)28-22(21)11-13-38(28)3)23-17-39(14-12-25(23)37-40)29-35-15-20(16-36-29)30(31,32)33/h6-11,13,15-16H,4-5,12,14,17H2,1-3H3. The van der Waals surface area contributed by atoms with E-state index in [0.29, 0.717) is 19.5 Å². The Labute approximate surface area is 244 Å². The zero-order valence-corrected chi connectivity index (χ0v) is 24.6. The summed E-state index contributed by atoms with van der Waals surface area (Å²) in [5.74, 6) is 0.285. The highest BCUT2D eigenvalue weighted by Gasteiger charge is 2.33. The Morgan fingerprint density at radius 2 is 1.68 bits per heavy atom. The number of fused-ring (bicyclic) bond motifs is 2. The summed E-state index contributed by atoms with van der Waals surface area (Å²) in [4.78, 5) is 10.1. The lowest BCUT2D eigenvalue weighted by Crippen LogP contribution is -2.31. The first-order valence-corrected chi connectivity index (χ1v) is 14.4. The van der Waals surface area contributed by atoms with E-state index in [2.05, 4.69) is 98.3 Å². The van der Waals surface area contributed by atoms with E-state index in [9.17, 15) is 13.2 Å². The maximum atomic E-state index is 13.1. The molecule has 0 radical (unpaired) electrons. The van der Waals surface area contributed by atoms with E-state index in [1.807, 2.05) is 11.9 Å². The largest absolute Gasteiger partial charge is 0.419 e. The highest BCUT2D eigenvalue weighted by atomic mass is 127. The Morgan fingerprint density at radius 1 is 0.975 bits per heavy atom. The summed E-state index contributed by atoms with van der Waals surface area (Å²) in [6.07, 6.45) is 1.69. The van der Waals surface area contributed by atoms with Crippen LogP contribution in [-0.4, -0.2) is 30.9 Å². The average molecular weight is 656 g/mol. The van der Waals surface area contributed by atoms with Crippen molar-refractivity contribution in [3.8, 4) is 16.9 Å². The lowest BCUT2D eigenvalue weighted by Gasteiger charge is -2.27. The molecule has 6 rings (SSSR count). The van der Waals surface area contributed by atoms with Gasteiger partial charge in [0.05, 0.1) is 28.2 Å². The zero-order valence-electron chi connectivity index (χ0n) is 22.4. The van der Waals surface area contributed by atoms with Gasteiger partial charge in [-0.1, -0.05) is 38.1 Å². The summed E-state index contributed by atoms with van der Waals surface area (Å²) in [5.41, 5.74) is 7.98. The van der Waals surface area contributed by atoms with Gasteiger partial charge in [0.2, 0.25) is 5.95 Å². The first-order valence-electron chi connectivity index (χ1n) is 13.3. The Morgan fingerprint density at radius 3 is 2.33 bits per heavy atom. The van der Waals surface area contributed by atoms with E-state index in [1.165, 1.54) is 11.1 Å². The Bertz CT molecular complexity index is 1700. The summed E-state index contributed by atoms with van der Waals surface area (Å²) in [6.45, 7) is 5.33. The zero-order chi connectivity index (χ0) is 28.2. The number of hydrogen-bond acceptors (Lipinski definition) is 4. The van der Waals surface area contributed by atoms with Crippen LogP contribution in [0.25, 0.3) is 27.8 Å². The van der Waals surface area contributed by atoms with E-state index in [1.54, 1.807) is 0 Å². The van der Waals surface area contributed by atoms with Crippen molar-refractivity contribution in [2.24, 2.45) is 7.05 Å². The molecule has 206 valence electrons. The van der Waals surface area contributed by atoms with Crippen molar-refractivity contribution in [1.82, 2.24) is 24.3 Å². The number of alkyl halides is 3. The third-order valence-corrected chi connectivity index (χ3v) is 8.57. The number of aryl methyl sites for hydroxylation is 3. The molecule has 6 nitrogen and oxygen atoms in total. The van der Waals surface area contributed by atoms with Crippen LogP contribution in [0.4, 0.5) is 19.1 Å². The number of rotatable bonds is 5. The molecule has 0 unspecified atom stereocenters. The second-order valence-corrected chi connectivity index (χ2v) is 11.2. The fraction of sp³-hybridized carbons (Fsp3) is 0.300. The predicted molar refractivity (Wildman–Crippen MR) is 159 cm³/mol. The summed E-state index contributed by atoms with van der Waals surface area (Å²) >= 11 is 2.37. The molecule has 0 aliphatic carbocycles. The van der Waals surface area contributed by atoms with E-state index >= 15 is 0 Å². The molecule has 0 spiro atoms. The number of aromatic nitrogens is 5. The quantitative estimate of drug-likeness (QED) is 0.189. The van der Waals surface area contributed by atoms with Crippen molar-refractivity contribution in [1.29, 1.82) is 0 Å². The Balaban J connectivity index is 1.56. The van der Waals surface area contributed by atoms with Crippen molar-refractivity contribution in [2.75, 3.05) is 11.4 Å². The van der Waals surface area contributed by atoms with Crippen LogP contribution in [0.5, 0.6) is 0 Å². The van der Waals surface area contributed by atoms with Gasteiger partial charge in [-0.2, -0.15) is 18.3 Å². The molecule has 3 aromatic heterocycles. The molecule has 40 heavy (non-hydrogen) atoms. The van der Waals surface area contributed by atoms with E-state index in [-0.39, 0.29) is 5.95 Å². The lowest BCUT2D eigenvalue weighted by atomic mass is 9.97. The smallest absolute Gasteiger partial charge is 0.350 e. The van der Waals surface area contributed by atoms with Crippen molar-refractivity contribution >= 4 is 39.4 Å². The first kappa shape index (κ1) is 26.8. The molecule has 1 aliphatic rings. The van der Waals surface area contributed by atoms with Crippen LogP contribution in [0.3, 0.4) is 0 Å². The van der Waals surface area contributed by atoms with Gasteiger partial charge in [-0.25, -0.2) is 14.6 Å². The number of halogens is 4. The van der Waals surface area contributed by atoms with Crippen molar-refractivity contribution < 1.29 is 13.2 Å². The molecular formula is C30H28F3IN6. The van der Waals surface area contributed by atoms with Crippen LogP contribution >= 0.6 is 22.6 Å². The minimum absolute atomic E-state index is 0.285. The molecule has 1 aliphatic heterocycles. The van der Waals surface area contributed by atoms with Gasteiger partial charge in [-0.3, -0.25) is 0 Å². The molecule has 4 heterocycles. The molecular weight excluding hydrogens is 628 g/mol. The third kappa shape index (κ3) is 4.46. The lowest BCUT2D eigenvalue weighted by molar-refractivity contribution is -0.138. The Hall–Kier alpha value is -3.41. The number of nitrogens with zero attached hydrogens (tertiary/aromatic N) is 6. The fourth-order valence-corrected chi connectivity index (χ4v) is 6.53. The molecule has 2 aromatic carbocycles. The first-order chi connectivity index (χ1) is 19.2. The van der Waals surface area contributed by atoms with E-state index in [4.69, 9.17) is 5.10 Å². The molecule has 0 N–H and O–H groups in total. The SMILES string of the molecule is CCc1cccc(CC)c1-n1nc2c(c1-c1ccc(I)c3c1ccn3C)CN(c1ncc(C(F)(F)F)cn1)CC2. The van der Waals surface area contributed by atoms with Gasteiger partial charge in [-0.15, -0.1) is 0 Å². The van der Waals surface area contributed by atoms with Gasteiger partial charge < -0.3 is 9.47 Å². The van der Waals surface area contributed by atoms with Crippen LogP contribution in [-0.2, 0) is 39.0 Å². The van der Waals surface area contributed by atoms with Gasteiger partial charge in [0.1, 0.15) is 0 Å². The van der Waals surface area contributed by atoms with E-state index < -0.39 is 11.7 Å². The minimum Gasteiger partial charge on any atom is -0.350 e. The van der Waals surface area contributed by atoms with Crippen molar-refractivity contribution in [3.63, 3.8) is 0 Å². The maximum absolute atomic E-state index is 13.1. The normalized spacial score (nSPS) is 13.7. The van der Waals surface area contributed by atoms with Crippen molar-refractivity contribution in [3.05, 3.63) is 86.5 Å². The monoisotopic (exact) mass is 656 g/mol. The van der Waals surface area contributed by atoms with E-state index in [0.717, 1.165) is 67.9 Å². The molecule has 0 saturated carbocycles. The summed E-state index contributed by atoms with van der Waals surface area (Å²) in [5, 5.41) is 6.35. The van der Waals surface area contributed by atoms with Crippen LogP contribution in [0.15, 0.2) is 55.0 Å². The molecule has 0 fully saturated rings. The maximum Gasteiger partial charge on any atom is 0.419 e. The van der Waals surface area contributed by atoms with Gasteiger partial charge in [-0.05, 0) is 58.7 Å². The van der Waals surface area contributed by atoms with Gasteiger partial charge in [0.25, 0.3) is 0 Å². The average Bonchev–Trinajstić information content (AvgIpc) is 3.53. The van der Waals surface area contributed by atoms with Crippen LogP contribution < -0.4 is 4.90 Å². The molecule has 0 bridgehead atoms. The molecule has 0 saturated heterocycles. The van der Waals surface area contributed by atoms with Gasteiger partial charge in [0.15, 0.2) is 0 Å². The Kier molecular flexibility index (Phi) is 6.84. The number of hydrogen-bond donors (Lipinski definition) is 0. The van der Waals surface area contributed by atoms with Crippen molar-refractivity contribution in [2.45, 2.75) is 45.8 Å². The molecule has 0 atom stereocenters. The van der Waals surface area contributed by atoms with Crippen LogP contribution in [0.2, 0.25) is 0 Å². The number of benzene rings is 2. The summed E-state index contributed by atoms with van der Waals surface area (Å²) < 4.78 is 44.8. The fourth-order valence-electron chi connectivity index (χ4n) is 5.68. The minimum atomic E-state index is -4.47. The summed E-state index contributed by atoms with van der Waals surface area (Å²) in [6, 6.07) is 12.9. The third-order valence-electron chi connectivity index (χ3n) is 7.70. The predicted octanol–water partition coefficient (Wildman–Crippen LogP) is 7.13. The topological polar surface area (TPSA) is 51.8 Å². The van der Waals surface area contributed by atoms with Gasteiger partial charge >= 0.3 is 6.18 Å². The second-order valence-electron chi connectivity index (χ2n) is 10.0. The number of anilines is 1. The molecule has 5 aromatic rings. The summed E-state index contributed by atoms with van der Waals surface area (Å²) in [7, 11) is 2.05. The highest BCUT2D eigenvalue weighted by molar-refractivity contribution is 14.1. The number of para-hydroxylation sites is 1. The molecule has 10 heteroatoms. The highest BCUT2D eigenvalue weighted by Crippen LogP contribution is 2.40. The van der Waals surface area contributed by atoms with Crippen LogP contribution in [0, 0.1) is 3.57 Å². The van der Waals surface area contributed by atoms with Gasteiger partial charge in [0, 0.05) is 65.2 Å². The molecule has 0 amide bonds.